The molecule has 1 fully saturated rings. The average Bonchev–Trinajstić information content (AvgIpc) is 2.87. The molecule has 25 heavy (non-hydrogen) atoms. The van der Waals surface area contributed by atoms with Crippen LogP contribution in [0.25, 0.3) is 0 Å². The minimum Gasteiger partial charge on any atom is -0.483 e. The van der Waals surface area contributed by atoms with Gasteiger partial charge >= 0.3 is 5.97 Å². The van der Waals surface area contributed by atoms with E-state index in [2.05, 4.69) is 0 Å². The number of carbonyl (C=O) groups excluding carboxylic acids is 1. The largest absolute Gasteiger partial charge is 0.483 e. The maximum Gasteiger partial charge on any atom is 0.305 e. The summed E-state index contributed by atoms with van der Waals surface area (Å²) in [6.07, 6.45) is 0.654. The third-order valence-electron chi connectivity index (χ3n) is 4.36. The summed E-state index contributed by atoms with van der Waals surface area (Å²) in [5.74, 6) is 0.0268. The molecule has 136 valence electrons. The van der Waals surface area contributed by atoms with Crippen LogP contribution < -0.4 is 9.47 Å². The number of hydrogen-bond acceptors (Lipinski definition) is 5. The quantitative estimate of drug-likeness (QED) is 0.867. The first-order valence-corrected chi connectivity index (χ1v) is 8.38. The Hall–Kier alpha value is -2.28. The predicted octanol–water partition coefficient (Wildman–Crippen LogP) is 1.48. The number of amides is 1. The van der Waals surface area contributed by atoms with E-state index in [9.17, 15) is 9.59 Å². The second kappa shape index (κ2) is 6.92. The van der Waals surface area contributed by atoms with Crippen molar-refractivity contribution >= 4 is 11.9 Å². The van der Waals surface area contributed by atoms with Crippen molar-refractivity contribution in [2.24, 2.45) is 0 Å². The van der Waals surface area contributed by atoms with Crippen molar-refractivity contribution in [1.29, 1.82) is 0 Å². The van der Waals surface area contributed by atoms with Crippen LogP contribution in [0.2, 0.25) is 0 Å². The Morgan fingerprint density at radius 2 is 2.20 bits per heavy atom. The lowest BCUT2D eigenvalue weighted by Crippen LogP contribution is -2.51. The molecule has 2 heterocycles. The monoisotopic (exact) mass is 349 g/mol. The normalized spacial score (nSPS) is 21.4. The van der Waals surface area contributed by atoms with Crippen molar-refractivity contribution in [1.82, 2.24) is 4.90 Å². The number of carbonyl (C=O) groups is 2. The van der Waals surface area contributed by atoms with Gasteiger partial charge in [-0.2, -0.15) is 0 Å². The Morgan fingerprint density at radius 1 is 1.40 bits per heavy atom. The van der Waals surface area contributed by atoms with E-state index in [1.54, 1.807) is 6.07 Å². The minimum absolute atomic E-state index is 0.135. The predicted molar refractivity (Wildman–Crippen MR) is 88.9 cm³/mol. The molecule has 0 bridgehead atoms. The molecule has 2 aliphatic rings. The lowest BCUT2D eigenvalue weighted by molar-refractivity contribution is -0.147. The van der Waals surface area contributed by atoms with Gasteiger partial charge in [-0.25, -0.2) is 0 Å². The number of benzene rings is 1. The fourth-order valence-electron chi connectivity index (χ4n) is 3.28. The van der Waals surface area contributed by atoms with Gasteiger partial charge in [0, 0.05) is 18.5 Å². The number of nitrogens with zero attached hydrogens (tertiary/aromatic N) is 1. The minimum atomic E-state index is -0.953. The van der Waals surface area contributed by atoms with E-state index < -0.39 is 12.0 Å². The lowest BCUT2D eigenvalue weighted by atomic mass is 10.0. The van der Waals surface area contributed by atoms with Crippen molar-refractivity contribution in [3.05, 3.63) is 23.8 Å². The van der Waals surface area contributed by atoms with Gasteiger partial charge in [0.15, 0.2) is 18.1 Å². The standard InChI is InChI=1S/C18H23NO6/c1-18(2)9-12-4-3-5-14(17(12)25-18)24-11-15(20)19-6-7-23-10-13(19)8-16(21)22/h3-5,13H,6-11H2,1-2H3,(H,21,22). The molecule has 1 saturated heterocycles. The van der Waals surface area contributed by atoms with Gasteiger partial charge < -0.3 is 24.2 Å². The molecular formula is C18H23NO6. The Kier molecular flexibility index (Phi) is 4.85. The summed E-state index contributed by atoms with van der Waals surface area (Å²) < 4.78 is 16.9. The SMILES string of the molecule is CC1(C)Cc2cccc(OCC(=O)N3CCOCC3CC(=O)O)c2O1. The zero-order valence-electron chi connectivity index (χ0n) is 14.5. The van der Waals surface area contributed by atoms with Crippen molar-refractivity contribution in [2.75, 3.05) is 26.4 Å². The Morgan fingerprint density at radius 3 is 2.96 bits per heavy atom. The van der Waals surface area contributed by atoms with Gasteiger partial charge in [0.05, 0.1) is 25.7 Å². The fraction of sp³-hybridized carbons (Fsp3) is 0.556. The smallest absolute Gasteiger partial charge is 0.305 e. The number of fused-ring (bicyclic) bond motifs is 1. The molecule has 2 aliphatic heterocycles. The van der Waals surface area contributed by atoms with E-state index in [1.165, 1.54) is 4.90 Å². The van der Waals surface area contributed by atoms with Gasteiger partial charge in [-0.05, 0) is 19.9 Å². The highest BCUT2D eigenvalue weighted by atomic mass is 16.5. The maximum atomic E-state index is 12.5. The molecule has 0 aliphatic carbocycles. The molecule has 1 aromatic carbocycles. The Labute approximate surface area is 146 Å². The van der Waals surface area contributed by atoms with Crippen LogP contribution in [0.1, 0.15) is 25.8 Å². The van der Waals surface area contributed by atoms with Crippen LogP contribution in [0.4, 0.5) is 0 Å². The highest BCUT2D eigenvalue weighted by molar-refractivity contribution is 5.79. The van der Waals surface area contributed by atoms with E-state index >= 15 is 0 Å². The highest BCUT2D eigenvalue weighted by Gasteiger charge is 2.33. The van der Waals surface area contributed by atoms with Crippen molar-refractivity contribution in [3.8, 4) is 11.5 Å². The lowest BCUT2D eigenvalue weighted by Gasteiger charge is -2.34. The van der Waals surface area contributed by atoms with E-state index in [0.29, 0.717) is 24.7 Å². The summed E-state index contributed by atoms with van der Waals surface area (Å²) >= 11 is 0. The number of ether oxygens (including phenoxy) is 3. The summed E-state index contributed by atoms with van der Waals surface area (Å²) in [6.45, 7) is 4.86. The molecule has 0 radical (unpaired) electrons. The van der Waals surface area contributed by atoms with E-state index in [4.69, 9.17) is 19.3 Å². The molecule has 1 aromatic rings. The molecular weight excluding hydrogens is 326 g/mol. The number of para-hydroxylation sites is 1. The van der Waals surface area contributed by atoms with E-state index in [0.717, 1.165) is 12.0 Å². The molecule has 1 unspecified atom stereocenters. The second-order valence-electron chi connectivity index (χ2n) is 6.99. The van der Waals surface area contributed by atoms with Crippen LogP contribution in [0.3, 0.4) is 0 Å². The summed E-state index contributed by atoms with van der Waals surface area (Å²) in [6, 6.07) is 5.19. The van der Waals surface area contributed by atoms with Gasteiger partial charge in [0.25, 0.3) is 5.91 Å². The molecule has 0 aromatic heterocycles. The topological polar surface area (TPSA) is 85.3 Å². The van der Waals surface area contributed by atoms with Crippen LogP contribution >= 0.6 is 0 Å². The molecule has 1 atom stereocenters. The zero-order valence-corrected chi connectivity index (χ0v) is 14.5. The van der Waals surface area contributed by atoms with Gasteiger partial charge in [-0.1, -0.05) is 12.1 Å². The van der Waals surface area contributed by atoms with Gasteiger partial charge in [0.2, 0.25) is 0 Å². The molecule has 1 amide bonds. The molecule has 7 nitrogen and oxygen atoms in total. The third kappa shape index (κ3) is 4.04. The van der Waals surface area contributed by atoms with Crippen LogP contribution in [-0.2, 0) is 20.7 Å². The maximum absolute atomic E-state index is 12.5. The summed E-state index contributed by atoms with van der Waals surface area (Å²) in [5.41, 5.74) is 0.771. The van der Waals surface area contributed by atoms with E-state index in [-0.39, 0.29) is 31.1 Å². The van der Waals surface area contributed by atoms with Gasteiger partial charge in [-0.3, -0.25) is 9.59 Å². The van der Waals surface area contributed by atoms with Gasteiger partial charge in [-0.15, -0.1) is 0 Å². The zero-order chi connectivity index (χ0) is 18.0. The van der Waals surface area contributed by atoms with Crippen LogP contribution in [0.5, 0.6) is 11.5 Å². The van der Waals surface area contributed by atoms with E-state index in [1.807, 2.05) is 26.0 Å². The second-order valence-corrected chi connectivity index (χ2v) is 6.99. The first-order chi connectivity index (χ1) is 11.9. The first kappa shape index (κ1) is 17.5. The number of morpholine rings is 1. The number of carboxylic acids is 1. The first-order valence-electron chi connectivity index (χ1n) is 8.38. The van der Waals surface area contributed by atoms with Crippen LogP contribution in [0.15, 0.2) is 18.2 Å². The summed E-state index contributed by atoms with van der Waals surface area (Å²) in [4.78, 5) is 25.0. The van der Waals surface area contributed by atoms with Crippen molar-refractivity contribution in [2.45, 2.75) is 38.3 Å². The molecule has 3 rings (SSSR count). The molecule has 1 N–H and O–H groups in total. The fourth-order valence-corrected chi connectivity index (χ4v) is 3.28. The Bertz CT molecular complexity index is 672. The third-order valence-corrected chi connectivity index (χ3v) is 4.36. The molecule has 0 spiro atoms. The summed E-state index contributed by atoms with van der Waals surface area (Å²) in [5, 5.41) is 8.99. The number of hydrogen-bond donors (Lipinski definition) is 1. The summed E-state index contributed by atoms with van der Waals surface area (Å²) in [7, 11) is 0. The van der Waals surface area contributed by atoms with Crippen LogP contribution in [0, 0.1) is 0 Å². The number of aliphatic carboxylic acids is 1. The Balaban J connectivity index is 1.65. The van der Waals surface area contributed by atoms with Crippen LogP contribution in [-0.4, -0.2) is 59.9 Å². The molecule has 7 heteroatoms. The van der Waals surface area contributed by atoms with Gasteiger partial charge in [0.1, 0.15) is 5.60 Å². The number of rotatable bonds is 5. The highest BCUT2D eigenvalue weighted by Crippen LogP contribution is 2.41. The van der Waals surface area contributed by atoms with Crippen molar-refractivity contribution < 1.29 is 28.9 Å². The molecule has 0 saturated carbocycles. The number of carboxylic acid groups (broad SMARTS) is 1. The van der Waals surface area contributed by atoms with Crippen molar-refractivity contribution in [3.63, 3.8) is 0 Å². The average molecular weight is 349 g/mol.